The van der Waals surface area contributed by atoms with Gasteiger partial charge in [0.25, 0.3) is 0 Å². The quantitative estimate of drug-likeness (QED) is 0.401. The Morgan fingerprint density at radius 2 is 2.00 bits per heavy atom. The summed E-state index contributed by atoms with van der Waals surface area (Å²) in [4.78, 5) is 10.3. The summed E-state index contributed by atoms with van der Waals surface area (Å²) in [5.74, 6) is -0.966. The molecule has 0 aromatic rings. The van der Waals surface area contributed by atoms with Gasteiger partial charge in [0.1, 0.15) is 0 Å². The molecule has 5 heteroatoms. The lowest BCUT2D eigenvalue weighted by Crippen LogP contribution is -2.35. The molecular formula is C8H15NO4. The number of carboxylic acids is 1. The van der Waals surface area contributed by atoms with E-state index in [1.54, 1.807) is 0 Å². The molecule has 0 spiro atoms. The number of rotatable bonds is 6. The molecular weight excluding hydrogens is 174 g/mol. The Morgan fingerprint density at radius 1 is 1.46 bits per heavy atom. The first kappa shape index (κ1) is 12.1. The Hall–Kier alpha value is -0.910. The molecule has 0 radical (unpaired) electrons. The summed E-state index contributed by atoms with van der Waals surface area (Å²) < 4.78 is 0. The Bertz CT molecular complexity index is 187. The van der Waals surface area contributed by atoms with Crippen molar-refractivity contribution >= 4 is 5.97 Å². The first-order chi connectivity index (χ1) is 6.11. The Balaban J connectivity index is 3.76. The second kappa shape index (κ2) is 6.59. The molecule has 0 rings (SSSR count). The van der Waals surface area contributed by atoms with E-state index in [1.165, 1.54) is 13.0 Å². The number of aliphatic hydroxyl groups is 2. The third-order valence-electron chi connectivity index (χ3n) is 1.59. The van der Waals surface area contributed by atoms with Gasteiger partial charge in [-0.1, -0.05) is 6.08 Å². The molecule has 0 amide bonds. The zero-order chi connectivity index (χ0) is 10.3. The van der Waals surface area contributed by atoms with Crippen LogP contribution in [0.5, 0.6) is 0 Å². The largest absolute Gasteiger partial charge is 0.478 e. The molecule has 0 unspecified atom stereocenters. The maximum absolute atomic E-state index is 10.3. The third kappa shape index (κ3) is 5.35. The van der Waals surface area contributed by atoms with Crippen molar-refractivity contribution in [2.75, 3.05) is 19.8 Å². The van der Waals surface area contributed by atoms with Crippen LogP contribution in [0.1, 0.15) is 6.92 Å². The first-order valence-corrected chi connectivity index (χ1v) is 3.97. The average Bonchev–Trinajstić information content (AvgIpc) is 2.12. The number of aliphatic carboxylic acids is 1. The lowest BCUT2D eigenvalue weighted by molar-refractivity contribution is -0.132. The van der Waals surface area contributed by atoms with Crippen LogP contribution in [-0.4, -0.2) is 47.1 Å². The van der Waals surface area contributed by atoms with Crippen LogP contribution in [0, 0.1) is 0 Å². The van der Waals surface area contributed by atoms with Gasteiger partial charge in [-0.25, -0.2) is 4.79 Å². The zero-order valence-electron chi connectivity index (χ0n) is 7.53. The fourth-order valence-corrected chi connectivity index (χ4v) is 0.653. The maximum Gasteiger partial charge on any atom is 0.330 e. The van der Waals surface area contributed by atoms with E-state index in [1.807, 2.05) is 0 Å². The van der Waals surface area contributed by atoms with Gasteiger partial charge in [0.15, 0.2) is 0 Å². The van der Waals surface area contributed by atoms with Crippen LogP contribution in [0.3, 0.4) is 0 Å². The Morgan fingerprint density at radius 3 is 2.38 bits per heavy atom. The van der Waals surface area contributed by atoms with Crippen LogP contribution < -0.4 is 5.32 Å². The number of hydrogen-bond acceptors (Lipinski definition) is 4. The molecule has 0 saturated heterocycles. The van der Waals surface area contributed by atoms with Crippen molar-refractivity contribution in [1.29, 1.82) is 0 Å². The average molecular weight is 189 g/mol. The SMILES string of the molecule is CC(=CCNC(CO)CO)C(=O)O. The van der Waals surface area contributed by atoms with Gasteiger partial charge in [0, 0.05) is 12.1 Å². The van der Waals surface area contributed by atoms with Crippen LogP contribution in [0.4, 0.5) is 0 Å². The molecule has 0 aliphatic carbocycles. The minimum absolute atomic E-state index is 0.170. The summed E-state index contributed by atoms with van der Waals surface area (Å²) in [6.07, 6.45) is 1.49. The van der Waals surface area contributed by atoms with Crippen LogP contribution >= 0.6 is 0 Å². The third-order valence-corrected chi connectivity index (χ3v) is 1.59. The minimum atomic E-state index is -0.966. The van der Waals surface area contributed by atoms with Crippen LogP contribution in [0.2, 0.25) is 0 Å². The number of nitrogens with one attached hydrogen (secondary N) is 1. The van der Waals surface area contributed by atoms with Crippen molar-refractivity contribution in [2.45, 2.75) is 13.0 Å². The summed E-state index contributed by atoms with van der Waals surface area (Å²) in [5, 5.41) is 28.5. The van der Waals surface area contributed by atoms with Crippen molar-refractivity contribution in [2.24, 2.45) is 0 Å². The topological polar surface area (TPSA) is 89.8 Å². The van der Waals surface area contributed by atoms with Gasteiger partial charge in [-0.2, -0.15) is 0 Å². The molecule has 0 aliphatic rings. The summed E-state index contributed by atoms with van der Waals surface area (Å²) in [5.41, 5.74) is 0.238. The molecule has 0 saturated carbocycles. The highest BCUT2D eigenvalue weighted by molar-refractivity contribution is 5.85. The number of aliphatic hydroxyl groups excluding tert-OH is 2. The normalized spacial score (nSPS) is 12.2. The number of hydrogen-bond donors (Lipinski definition) is 4. The van der Waals surface area contributed by atoms with Gasteiger partial charge < -0.3 is 20.6 Å². The molecule has 13 heavy (non-hydrogen) atoms. The van der Waals surface area contributed by atoms with Gasteiger partial charge in [-0.15, -0.1) is 0 Å². The van der Waals surface area contributed by atoms with E-state index < -0.39 is 12.0 Å². The summed E-state index contributed by atoms with van der Waals surface area (Å²) in [7, 11) is 0. The highest BCUT2D eigenvalue weighted by Crippen LogP contribution is 1.90. The van der Waals surface area contributed by atoms with E-state index in [0.717, 1.165) is 0 Å². The van der Waals surface area contributed by atoms with E-state index in [9.17, 15) is 4.79 Å². The molecule has 4 N–H and O–H groups in total. The van der Waals surface area contributed by atoms with Crippen molar-refractivity contribution in [3.05, 3.63) is 11.6 Å². The van der Waals surface area contributed by atoms with E-state index in [4.69, 9.17) is 15.3 Å². The van der Waals surface area contributed by atoms with E-state index >= 15 is 0 Å². The van der Waals surface area contributed by atoms with Gasteiger partial charge in [-0.05, 0) is 6.92 Å². The molecule has 76 valence electrons. The predicted octanol–water partition coefficient (Wildman–Crippen LogP) is -1.04. The van der Waals surface area contributed by atoms with Crippen molar-refractivity contribution in [3.63, 3.8) is 0 Å². The molecule has 0 atom stereocenters. The van der Waals surface area contributed by atoms with E-state index in [-0.39, 0.29) is 18.8 Å². The molecule has 0 heterocycles. The fourth-order valence-electron chi connectivity index (χ4n) is 0.653. The lowest BCUT2D eigenvalue weighted by Gasteiger charge is -2.10. The minimum Gasteiger partial charge on any atom is -0.478 e. The predicted molar refractivity (Wildman–Crippen MR) is 47.4 cm³/mol. The molecule has 0 aliphatic heterocycles. The van der Waals surface area contributed by atoms with E-state index in [2.05, 4.69) is 5.32 Å². The zero-order valence-corrected chi connectivity index (χ0v) is 7.53. The summed E-state index contributed by atoms with van der Waals surface area (Å²) in [6.45, 7) is 1.47. The van der Waals surface area contributed by atoms with Gasteiger partial charge in [0.05, 0.1) is 19.3 Å². The number of carboxylic acid groups (broad SMARTS) is 1. The van der Waals surface area contributed by atoms with Gasteiger partial charge in [-0.3, -0.25) is 0 Å². The van der Waals surface area contributed by atoms with Crippen LogP contribution in [-0.2, 0) is 4.79 Å². The highest BCUT2D eigenvalue weighted by Gasteiger charge is 2.03. The molecule has 0 aromatic heterocycles. The molecule has 0 fully saturated rings. The fraction of sp³-hybridized carbons (Fsp3) is 0.625. The van der Waals surface area contributed by atoms with Crippen LogP contribution in [0.25, 0.3) is 0 Å². The first-order valence-electron chi connectivity index (χ1n) is 3.97. The standard InChI is InChI=1S/C8H15NO4/c1-6(8(12)13)2-3-9-7(4-10)5-11/h2,7,9-11H,3-5H2,1H3,(H,12,13). The second-order valence-electron chi connectivity index (χ2n) is 2.66. The molecule has 5 nitrogen and oxygen atoms in total. The van der Waals surface area contributed by atoms with Gasteiger partial charge in [0.2, 0.25) is 0 Å². The molecule has 0 aromatic carbocycles. The second-order valence-corrected chi connectivity index (χ2v) is 2.66. The number of carbonyl (C=O) groups is 1. The summed E-state index contributed by atoms with van der Waals surface area (Å²) in [6, 6.07) is -0.391. The van der Waals surface area contributed by atoms with Crippen LogP contribution in [0.15, 0.2) is 11.6 Å². The lowest BCUT2D eigenvalue weighted by atomic mass is 10.2. The van der Waals surface area contributed by atoms with Crippen molar-refractivity contribution < 1.29 is 20.1 Å². The van der Waals surface area contributed by atoms with Gasteiger partial charge >= 0.3 is 5.97 Å². The smallest absolute Gasteiger partial charge is 0.330 e. The summed E-state index contributed by atoms with van der Waals surface area (Å²) >= 11 is 0. The highest BCUT2D eigenvalue weighted by atomic mass is 16.4. The van der Waals surface area contributed by atoms with E-state index in [0.29, 0.717) is 6.54 Å². The monoisotopic (exact) mass is 189 g/mol. The van der Waals surface area contributed by atoms with Crippen molar-refractivity contribution in [1.82, 2.24) is 5.32 Å². The Kier molecular flexibility index (Phi) is 6.13. The maximum atomic E-state index is 10.3. The van der Waals surface area contributed by atoms with Crippen molar-refractivity contribution in [3.8, 4) is 0 Å². The Labute approximate surface area is 76.7 Å². The molecule has 0 bridgehead atoms.